The van der Waals surface area contributed by atoms with Crippen LogP contribution in [0.1, 0.15) is 57.1 Å². The van der Waals surface area contributed by atoms with Crippen LogP contribution in [0.2, 0.25) is 0 Å². The molecular weight excluding hydrogens is 237 g/mol. The fourth-order valence-corrected chi connectivity index (χ4v) is 3.02. The molecule has 1 aliphatic heterocycles. The summed E-state index contributed by atoms with van der Waals surface area (Å²) in [6, 6.07) is 8.40. The number of aryl methyl sites for hydroxylation is 1. The van der Waals surface area contributed by atoms with Crippen molar-refractivity contribution in [2.45, 2.75) is 64.1 Å². The maximum absolute atomic E-state index is 15.0. The Kier molecular flexibility index (Phi) is 4.98. The summed E-state index contributed by atoms with van der Waals surface area (Å²) >= 11 is 0. The molecule has 2 unspecified atom stereocenters. The smallest absolute Gasteiger partial charge is 0.134 e. The Morgan fingerprint density at radius 1 is 1.37 bits per heavy atom. The number of hydrogen-bond acceptors (Lipinski definition) is 1. The third kappa shape index (κ3) is 4.04. The van der Waals surface area contributed by atoms with E-state index in [0.717, 1.165) is 31.4 Å². The van der Waals surface area contributed by atoms with Gasteiger partial charge in [-0.15, -0.1) is 0 Å². The van der Waals surface area contributed by atoms with Crippen molar-refractivity contribution in [3.63, 3.8) is 0 Å². The van der Waals surface area contributed by atoms with Crippen molar-refractivity contribution in [3.05, 3.63) is 35.4 Å². The summed E-state index contributed by atoms with van der Waals surface area (Å²) in [5, 5.41) is 3.44. The lowest BCUT2D eigenvalue weighted by Crippen LogP contribution is -2.38. The van der Waals surface area contributed by atoms with Gasteiger partial charge < -0.3 is 5.32 Å². The fraction of sp³-hybridized carbons (Fsp3) is 0.647. The molecule has 19 heavy (non-hydrogen) atoms. The molecule has 0 saturated carbocycles. The van der Waals surface area contributed by atoms with Gasteiger partial charge in [0, 0.05) is 12.5 Å². The molecule has 1 aromatic rings. The van der Waals surface area contributed by atoms with Crippen LogP contribution in [0.25, 0.3) is 0 Å². The highest BCUT2D eigenvalue weighted by atomic mass is 19.1. The Morgan fingerprint density at radius 3 is 2.89 bits per heavy atom. The van der Waals surface area contributed by atoms with E-state index in [1.54, 1.807) is 6.92 Å². The monoisotopic (exact) mass is 263 g/mol. The van der Waals surface area contributed by atoms with Crippen molar-refractivity contribution in [2.24, 2.45) is 0 Å². The molecule has 0 radical (unpaired) electrons. The van der Waals surface area contributed by atoms with Crippen molar-refractivity contribution >= 4 is 0 Å². The molecule has 0 amide bonds. The van der Waals surface area contributed by atoms with Crippen LogP contribution in [0, 0.1) is 0 Å². The van der Waals surface area contributed by atoms with Crippen molar-refractivity contribution < 1.29 is 4.39 Å². The van der Waals surface area contributed by atoms with Crippen molar-refractivity contribution in [1.82, 2.24) is 5.32 Å². The SMILES string of the molecule is CCCc1cccc(C(C)(F)CC2CCCCN2)c1. The van der Waals surface area contributed by atoms with E-state index in [0.29, 0.717) is 12.5 Å². The molecule has 0 aliphatic carbocycles. The minimum absolute atomic E-state index is 0.332. The highest BCUT2D eigenvalue weighted by molar-refractivity contribution is 5.28. The van der Waals surface area contributed by atoms with Gasteiger partial charge in [0.15, 0.2) is 0 Å². The molecule has 0 spiro atoms. The first-order valence-electron chi connectivity index (χ1n) is 7.63. The van der Waals surface area contributed by atoms with E-state index in [9.17, 15) is 4.39 Å². The van der Waals surface area contributed by atoms with Gasteiger partial charge in [0.05, 0.1) is 0 Å². The van der Waals surface area contributed by atoms with E-state index >= 15 is 0 Å². The van der Waals surface area contributed by atoms with Crippen LogP contribution >= 0.6 is 0 Å². The van der Waals surface area contributed by atoms with Gasteiger partial charge in [-0.25, -0.2) is 4.39 Å². The molecule has 0 bridgehead atoms. The molecule has 2 heteroatoms. The van der Waals surface area contributed by atoms with Gasteiger partial charge in [-0.05, 0) is 43.9 Å². The second kappa shape index (κ2) is 6.51. The van der Waals surface area contributed by atoms with E-state index in [1.807, 2.05) is 18.2 Å². The number of alkyl halides is 1. The van der Waals surface area contributed by atoms with Crippen molar-refractivity contribution in [2.75, 3.05) is 6.54 Å². The summed E-state index contributed by atoms with van der Waals surface area (Å²) in [5.41, 5.74) is 0.866. The van der Waals surface area contributed by atoms with Crippen molar-refractivity contribution in [1.29, 1.82) is 0 Å². The Morgan fingerprint density at radius 2 is 2.21 bits per heavy atom. The lowest BCUT2D eigenvalue weighted by molar-refractivity contribution is 0.146. The normalized spacial score (nSPS) is 23.0. The maximum atomic E-state index is 15.0. The zero-order valence-corrected chi connectivity index (χ0v) is 12.2. The summed E-state index contributed by atoms with van der Waals surface area (Å²) in [5.74, 6) is 0. The van der Waals surface area contributed by atoms with Gasteiger partial charge in [-0.2, -0.15) is 0 Å². The first-order chi connectivity index (χ1) is 9.12. The standard InChI is InChI=1S/C17H26FN/c1-3-7-14-8-6-9-15(12-14)17(2,18)13-16-10-4-5-11-19-16/h6,8-9,12,16,19H,3-5,7,10-11,13H2,1-2H3. The fourth-order valence-electron chi connectivity index (χ4n) is 3.02. The number of benzene rings is 1. The molecule has 1 nitrogen and oxygen atoms in total. The zero-order valence-electron chi connectivity index (χ0n) is 12.2. The molecule has 0 aromatic heterocycles. The molecular formula is C17H26FN. The highest BCUT2D eigenvalue weighted by Gasteiger charge is 2.30. The Labute approximate surface area is 116 Å². The lowest BCUT2D eigenvalue weighted by Gasteiger charge is -2.30. The minimum atomic E-state index is -1.22. The average Bonchev–Trinajstić information content (AvgIpc) is 2.40. The molecule has 1 saturated heterocycles. The second-order valence-electron chi connectivity index (χ2n) is 6.00. The maximum Gasteiger partial charge on any atom is 0.134 e. The number of halogens is 1. The second-order valence-corrected chi connectivity index (χ2v) is 6.00. The third-order valence-corrected chi connectivity index (χ3v) is 4.11. The van der Waals surface area contributed by atoms with Crippen LogP contribution in [0.3, 0.4) is 0 Å². The number of nitrogens with one attached hydrogen (secondary N) is 1. The molecule has 1 aliphatic rings. The summed E-state index contributed by atoms with van der Waals surface area (Å²) in [7, 11) is 0. The Bertz CT molecular complexity index is 394. The van der Waals surface area contributed by atoms with Gasteiger partial charge in [0.1, 0.15) is 5.67 Å². The summed E-state index contributed by atoms with van der Waals surface area (Å²) in [4.78, 5) is 0. The van der Waals surface area contributed by atoms with Crippen LogP contribution < -0.4 is 5.32 Å². The first kappa shape index (κ1) is 14.5. The number of rotatable bonds is 5. The number of hydrogen-bond donors (Lipinski definition) is 1. The van der Waals surface area contributed by atoms with E-state index in [-0.39, 0.29) is 0 Å². The first-order valence-corrected chi connectivity index (χ1v) is 7.63. The van der Waals surface area contributed by atoms with Gasteiger partial charge in [-0.1, -0.05) is 44.0 Å². The van der Waals surface area contributed by atoms with Crippen LogP contribution in [-0.2, 0) is 12.1 Å². The molecule has 106 valence electrons. The Hall–Kier alpha value is -0.890. The van der Waals surface area contributed by atoms with E-state index in [4.69, 9.17) is 0 Å². The van der Waals surface area contributed by atoms with Crippen molar-refractivity contribution in [3.8, 4) is 0 Å². The molecule has 1 N–H and O–H groups in total. The topological polar surface area (TPSA) is 12.0 Å². The minimum Gasteiger partial charge on any atom is -0.314 e. The zero-order chi connectivity index (χ0) is 13.7. The van der Waals surface area contributed by atoms with Gasteiger partial charge in [0.25, 0.3) is 0 Å². The van der Waals surface area contributed by atoms with Gasteiger partial charge in [0.2, 0.25) is 0 Å². The lowest BCUT2D eigenvalue weighted by atomic mass is 9.87. The summed E-state index contributed by atoms with van der Waals surface area (Å²) in [6.45, 7) is 4.93. The number of piperidine rings is 1. The van der Waals surface area contributed by atoms with E-state index < -0.39 is 5.67 Å². The van der Waals surface area contributed by atoms with Crippen LogP contribution in [-0.4, -0.2) is 12.6 Å². The summed E-state index contributed by atoms with van der Waals surface area (Å²) in [6.07, 6.45) is 6.29. The quantitative estimate of drug-likeness (QED) is 0.832. The Balaban J connectivity index is 2.06. The van der Waals surface area contributed by atoms with Crippen LogP contribution in [0.5, 0.6) is 0 Å². The molecule has 2 rings (SSSR count). The third-order valence-electron chi connectivity index (χ3n) is 4.11. The molecule has 1 aromatic carbocycles. The highest BCUT2D eigenvalue weighted by Crippen LogP contribution is 2.33. The molecule has 1 fully saturated rings. The summed E-state index contributed by atoms with van der Waals surface area (Å²) < 4.78 is 15.0. The largest absolute Gasteiger partial charge is 0.314 e. The van der Waals surface area contributed by atoms with E-state index in [1.165, 1.54) is 18.4 Å². The van der Waals surface area contributed by atoms with Crippen LogP contribution in [0.4, 0.5) is 4.39 Å². The van der Waals surface area contributed by atoms with E-state index in [2.05, 4.69) is 18.3 Å². The van der Waals surface area contributed by atoms with Gasteiger partial charge in [-0.3, -0.25) is 0 Å². The predicted molar refractivity (Wildman–Crippen MR) is 79.2 cm³/mol. The average molecular weight is 263 g/mol. The van der Waals surface area contributed by atoms with Crippen LogP contribution in [0.15, 0.2) is 24.3 Å². The van der Waals surface area contributed by atoms with Gasteiger partial charge >= 0.3 is 0 Å². The molecule has 2 atom stereocenters. The molecule has 1 heterocycles. The predicted octanol–water partition coefficient (Wildman–Crippen LogP) is 4.36.